The van der Waals surface area contributed by atoms with Crippen molar-refractivity contribution in [2.24, 2.45) is 0 Å². The van der Waals surface area contributed by atoms with Gasteiger partial charge >= 0.3 is 6.03 Å². The summed E-state index contributed by atoms with van der Waals surface area (Å²) < 4.78 is 0.778. The van der Waals surface area contributed by atoms with E-state index in [1.54, 1.807) is 36.4 Å². The molecule has 0 aliphatic heterocycles. The molecular weight excluding hydrogens is 462 g/mol. The fourth-order valence-electron chi connectivity index (χ4n) is 3.44. The lowest BCUT2D eigenvalue weighted by Gasteiger charge is -2.12. The number of nitrogens with zero attached hydrogens (tertiary/aromatic N) is 1. The van der Waals surface area contributed by atoms with E-state index in [1.807, 2.05) is 45.0 Å². The minimum Gasteiger partial charge on any atom is -0.338 e. The Hall–Kier alpha value is -4.24. The van der Waals surface area contributed by atoms with E-state index < -0.39 is 0 Å². The van der Waals surface area contributed by atoms with Crippen LogP contribution in [0.3, 0.4) is 0 Å². The first kappa shape index (κ1) is 23.9. The number of hydrogen-bond donors (Lipinski definition) is 4. The number of thiazole rings is 1. The smallest absolute Gasteiger partial charge is 0.321 e. The number of carbonyl (C=O) groups excluding carboxylic acids is 3. The summed E-state index contributed by atoms with van der Waals surface area (Å²) in [4.78, 5) is 41.7. The molecule has 3 aromatic carbocycles. The van der Waals surface area contributed by atoms with Crippen LogP contribution in [0.2, 0.25) is 0 Å². The number of amides is 4. The van der Waals surface area contributed by atoms with Crippen LogP contribution in [0.15, 0.2) is 60.7 Å². The van der Waals surface area contributed by atoms with Crippen molar-refractivity contribution < 1.29 is 14.4 Å². The first-order chi connectivity index (χ1) is 16.8. The normalized spacial score (nSPS) is 10.6. The van der Waals surface area contributed by atoms with E-state index in [4.69, 9.17) is 0 Å². The van der Waals surface area contributed by atoms with E-state index in [1.165, 1.54) is 11.3 Å². The van der Waals surface area contributed by atoms with Crippen LogP contribution in [-0.2, 0) is 0 Å². The summed E-state index contributed by atoms with van der Waals surface area (Å²) >= 11 is 1.29. The molecule has 4 rings (SSSR count). The number of carbonyl (C=O) groups is 3. The monoisotopic (exact) mass is 487 g/mol. The molecule has 0 aliphatic rings. The highest BCUT2D eigenvalue weighted by molar-refractivity contribution is 7.22. The number of rotatable bonds is 6. The van der Waals surface area contributed by atoms with Crippen molar-refractivity contribution >= 4 is 55.9 Å². The standard InChI is InChI=1S/C26H25N5O3S/c1-4-27-25(34)31-26-30-20-11-9-18(13-22(20)35-26)24(33)29-21-14-19(10-8-16(21)3)28-23(32)17-7-5-6-15(2)12-17/h5-14H,4H2,1-3H3,(H,28,32)(H,29,33)(H2,27,30,31,34). The molecule has 0 saturated heterocycles. The molecule has 8 nitrogen and oxygen atoms in total. The molecule has 4 amide bonds. The quantitative estimate of drug-likeness (QED) is 0.285. The summed E-state index contributed by atoms with van der Waals surface area (Å²) in [5.74, 6) is -0.508. The van der Waals surface area contributed by atoms with Gasteiger partial charge in [-0.25, -0.2) is 9.78 Å². The molecular formula is C26H25N5O3S. The van der Waals surface area contributed by atoms with Crippen LogP contribution in [0.1, 0.15) is 38.8 Å². The van der Waals surface area contributed by atoms with Crippen LogP contribution < -0.4 is 21.3 Å². The van der Waals surface area contributed by atoms with E-state index in [0.717, 1.165) is 15.8 Å². The zero-order valence-corrected chi connectivity index (χ0v) is 20.4. The van der Waals surface area contributed by atoms with Gasteiger partial charge in [-0.15, -0.1) is 0 Å². The number of aromatic nitrogens is 1. The van der Waals surface area contributed by atoms with Gasteiger partial charge in [-0.2, -0.15) is 0 Å². The predicted molar refractivity (Wildman–Crippen MR) is 141 cm³/mol. The Morgan fingerprint density at radius 1 is 0.857 bits per heavy atom. The van der Waals surface area contributed by atoms with Gasteiger partial charge in [0.05, 0.1) is 10.2 Å². The van der Waals surface area contributed by atoms with Crippen molar-refractivity contribution in [3.05, 3.63) is 82.9 Å². The minimum atomic E-state index is -0.325. The van der Waals surface area contributed by atoms with Crippen LogP contribution in [0, 0.1) is 13.8 Å². The first-order valence-corrected chi connectivity index (χ1v) is 11.9. The molecule has 178 valence electrons. The highest BCUT2D eigenvalue weighted by Crippen LogP contribution is 2.28. The Bertz CT molecular complexity index is 1430. The fraction of sp³-hybridized carbons (Fsp3) is 0.154. The van der Waals surface area contributed by atoms with Crippen molar-refractivity contribution in [3.8, 4) is 0 Å². The molecule has 35 heavy (non-hydrogen) atoms. The summed E-state index contributed by atoms with van der Waals surface area (Å²) in [5.41, 5.74) is 4.75. The lowest BCUT2D eigenvalue weighted by molar-refractivity contribution is 0.101. The molecule has 0 atom stereocenters. The van der Waals surface area contributed by atoms with Gasteiger partial charge in [0.15, 0.2) is 5.13 Å². The Morgan fingerprint density at radius 2 is 1.63 bits per heavy atom. The second kappa shape index (κ2) is 10.4. The maximum absolute atomic E-state index is 13.0. The lowest BCUT2D eigenvalue weighted by atomic mass is 10.1. The molecule has 4 N–H and O–H groups in total. The third-order valence-corrected chi connectivity index (χ3v) is 6.17. The Kier molecular flexibility index (Phi) is 7.07. The highest BCUT2D eigenvalue weighted by Gasteiger charge is 2.13. The zero-order valence-electron chi connectivity index (χ0n) is 19.6. The number of benzene rings is 3. The molecule has 0 saturated carbocycles. The molecule has 0 fully saturated rings. The average Bonchev–Trinajstić information content (AvgIpc) is 3.22. The summed E-state index contributed by atoms with van der Waals surface area (Å²) in [5, 5.41) is 11.6. The second-order valence-corrected chi connectivity index (χ2v) is 9.02. The van der Waals surface area contributed by atoms with Crippen molar-refractivity contribution in [2.45, 2.75) is 20.8 Å². The number of fused-ring (bicyclic) bond motifs is 1. The SMILES string of the molecule is CCNC(=O)Nc1nc2ccc(C(=O)Nc3cc(NC(=O)c4cccc(C)c4)ccc3C)cc2s1. The molecule has 0 aliphatic carbocycles. The average molecular weight is 488 g/mol. The number of urea groups is 1. The van der Waals surface area contributed by atoms with Crippen LogP contribution >= 0.6 is 11.3 Å². The number of hydrogen-bond acceptors (Lipinski definition) is 5. The van der Waals surface area contributed by atoms with Gasteiger partial charge in [-0.3, -0.25) is 14.9 Å². The molecule has 0 unspecified atom stereocenters. The Balaban J connectivity index is 1.49. The van der Waals surface area contributed by atoms with Gasteiger partial charge in [0.2, 0.25) is 0 Å². The Labute approximate surface area is 206 Å². The molecule has 1 heterocycles. The fourth-order valence-corrected chi connectivity index (χ4v) is 4.34. The van der Waals surface area contributed by atoms with E-state index >= 15 is 0 Å². The van der Waals surface area contributed by atoms with Gasteiger partial charge in [0.1, 0.15) is 0 Å². The summed E-state index contributed by atoms with van der Waals surface area (Å²) in [6.45, 7) is 6.16. The van der Waals surface area contributed by atoms with Crippen molar-refractivity contribution in [2.75, 3.05) is 22.5 Å². The molecule has 4 aromatic rings. The van der Waals surface area contributed by atoms with Crippen LogP contribution in [0.5, 0.6) is 0 Å². The zero-order chi connectivity index (χ0) is 24.9. The van der Waals surface area contributed by atoms with Crippen molar-refractivity contribution in [1.29, 1.82) is 0 Å². The summed E-state index contributed by atoms with van der Waals surface area (Å²) in [6, 6.07) is 17.6. The Morgan fingerprint density at radius 3 is 2.40 bits per heavy atom. The van der Waals surface area contributed by atoms with E-state index in [9.17, 15) is 14.4 Å². The van der Waals surface area contributed by atoms with Crippen molar-refractivity contribution in [3.63, 3.8) is 0 Å². The molecule has 9 heteroatoms. The molecule has 0 radical (unpaired) electrons. The summed E-state index contributed by atoms with van der Waals surface area (Å²) in [6.07, 6.45) is 0. The van der Waals surface area contributed by atoms with Crippen molar-refractivity contribution in [1.82, 2.24) is 10.3 Å². The lowest BCUT2D eigenvalue weighted by Crippen LogP contribution is -2.28. The van der Waals surface area contributed by atoms with Gasteiger partial charge in [0, 0.05) is 29.0 Å². The predicted octanol–water partition coefficient (Wildman–Crippen LogP) is 5.56. The van der Waals surface area contributed by atoms with Gasteiger partial charge < -0.3 is 16.0 Å². The van der Waals surface area contributed by atoms with Gasteiger partial charge in [-0.1, -0.05) is 35.1 Å². The van der Waals surface area contributed by atoms with Crippen LogP contribution in [0.4, 0.5) is 21.3 Å². The van der Waals surface area contributed by atoms with Crippen LogP contribution in [-0.4, -0.2) is 29.4 Å². The van der Waals surface area contributed by atoms with E-state index in [2.05, 4.69) is 26.3 Å². The topological polar surface area (TPSA) is 112 Å². The maximum Gasteiger partial charge on any atom is 0.321 e. The largest absolute Gasteiger partial charge is 0.338 e. The minimum absolute atomic E-state index is 0.220. The summed E-state index contributed by atoms with van der Waals surface area (Å²) in [7, 11) is 0. The molecule has 0 spiro atoms. The highest BCUT2D eigenvalue weighted by atomic mass is 32.1. The van der Waals surface area contributed by atoms with Gasteiger partial charge in [0.25, 0.3) is 11.8 Å². The number of anilines is 3. The van der Waals surface area contributed by atoms with Crippen LogP contribution in [0.25, 0.3) is 10.2 Å². The van der Waals surface area contributed by atoms with Gasteiger partial charge in [-0.05, 0) is 68.8 Å². The first-order valence-electron chi connectivity index (χ1n) is 11.1. The molecule has 1 aromatic heterocycles. The molecule has 0 bridgehead atoms. The second-order valence-electron chi connectivity index (χ2n) is 7.99. The maximum atomic E-state index is 13.0. The third kappa shape index (κ3) is 5.82. The number of aryl methyl sites for hydroxylation is 2. The number of nitrogens with one attached hydrogen (secondary N) is 4. The van der Waals surface area contributed by atoms with E-state index in [-0.39, 0.29) is 17.8 Å². The van der Waals surface area contributed by atoms with E-state index in [0.29, 0.717) is 39.7 Å². The third-order valence-electron chi connectivity index (χ3n) is 5.23.